The quantitative estimate of drug-likeness (QED) is 0.558. The molecule has 0 aliphatic heterocycles. The van der Waals surface area contributed by atoms with Crippen LogP contribution < -0.4 is 0 Å². The molecule has 0 fully saturated rings. The molecule has 14 heavy (non-hydrogen) atoms. The van der Waals surface area contributed by atoms with Gasteiger partial charge in [0.25, 0.3) is 14.1 Å². The fourth-order valence-corrected chi connectivity index (χ4v) is 5.88. The molecule has 0 heterocycles. The molecule has 0 nitrogen and oxygen atoms in total. The number of hydrogen-bond donors (Lipinski definition) is 0. The van der Waals surface area contributed by atoms with Gasteiger partial charge in [-0.05, 0) is 6.42 Å². The number of rotatable bonds is 6. The van der Waals surface area contributed by atoms with Crippen LogP contribution in [0.25, 0.3) is 0 Å². The van der Waals surface area contributed by atoms with E-state index in [1.807, 2.05) is 0 Å². The van der Waals surface area contributed by atoms with Crippen LogP contribution in [-0.2, 0) is 0 Å². The van der Waals surface area contributed by atoms with Crippen LogP contribution in [0.5, 0.6) is 0 Å². The third-order valence-electron chi connectivity index (χ3n) is 2.68. The molecule has 1 heteroatoms. The molecular weight excluding hydrogens is 183 g/mol. The van der Waals surface area contributed by atoms with Crippen LogP contribution in [0.3, 0.4) is 0 Å². The lowest BCUT2D eigenvalue weighted by molar-refractivity contribution is 0.692. The summed E-state index contributed by atoms with van der Waals surface area (Å²) in [5, 5.41) is 2.97. The molecule has 0 aromatic heterocycles. The Bertz CT molecular complexity index is 158. The van der Waals surface area contributed by atoms with Crippen LogP contribution in [0.15, 0.2) is 10.5 Å². The summed E-state index contributed by atoms with van der Waals surface area (Å²) >= 11 is -0.600. The zero-order chi connectivity index (χ0) is 11.1. The van der Waals surface area contributed by atoms with Crippen molar-refractivity contribution in [2.24, 2.45) is 11.8 Å². The van der Waals surface area contributed by atoms with E-state index in [-0.39, 0.29) is 0 Å². The summed E-state index contributed by atoms with van der Waals surface area (Å²) < 4.78 is 1.75. The first-order chi connectivity index (χ1) is 6.47. The zero-order valence-electron chi connectivity index (χ0n) is 10.9. The van der Waals surface area contributed by atoms with E-state index in [0.29, 0.717) is 0 Å². The lowest BCUT2D eigenvalue weighted by Gasteiger charge is -2.17. The van der Waals surface area contributed by atoms with E-state index in [1.54, 1.807) is 4.44 Å². The van der Waals surface area contributed by atoms with E-state index in [0.717, 1.165) is 11.8 Å². The predicted octanol–water partition coefficient (Wildman–Crippen LogP) is 4.69. The Labute approximate surface area is 95.2 Å². The van der Waals surface area contributed by atoms with Gasteiger partial charge in [-0.3, -0.25) is 0 Å². The van der Waals surface area contributed by atoms with Crippen molar-refractivity contribution in [2.45, 2.75) is 58.5 Å². The van der Waals surface area contributed by atoms with Gasteiger partial charge in [0.15, 0.2) is 0 Å². The van der Waals surface area contributed by atoms with E-state index >= 15 is 0 Å². The summed E-state index contributed by atoms with van der Waals surface area (Å²) in [6, 6.07) is 0. The fourth-order valence-electron chi connectivity index (χ4n) is 2.09. The van der Waals surface area contributed by atoms with E-state index in [9.17, 15) is 0 Å². The van der Waals surface area contributed by atoms with Crippen molar-refractivity contribution >= 4 is 14.1 Å². The Kier molecular flexibility index (Phi) is 7.70. The molecule has 0 aromatic carbocycles. The van der Waals surface area contributed by atoms with Gasteiger partial charge in [0.05, 0.1) is 0 Å². The van der Waals surface area contributed by atoms with Crippen LogP contribution in [0.1, 0.15) is 48.0 Å². The van der Waals surface area contributed by atoms with Crippen LogP contribution in [-0.4, -0.2) is 14.1 Å². The van der Waals surface area contributed by atoms with Crippen LogP contribution in [0, 0.1) is 11.8 Å². The zero-order valence-corrected chi connectivity index (χ0v) is 12.1. The first-order valence-corrected chi connectivity index (χ1v) is 8.35. The van der Waals surface area contributed by atoms with Crippen molar-refractivity contribution in [3.05, 3.63) is 10.5 Å². The monoisotopic (exact) mass is 210 g/mol. The molecule has 0 aromatic rings. The molecule has 0 bridgehead atoms. The van der Waals surface area contributed by atoms with Crippen molar-refractivity contribution in [2.75, 3.05) is 0 Å². The average molecular weight is 210 g/mol. The maximum Gasteiger partial charge on any atom is 0.298 e. The SMILES string of the molecule is CC/C=[C](/C)[Al]([CH2]C(C)C)[CH2]C(C)C. The fraction of sp³-hybridized carbons (Fsp3) is 0.846. The first-order valence-electron chi connectivity index (χ1n) is 6.14. The maximum atomic E-state index is 2.46. The second-order valence-electron chi connectivity index (χ2n) is 5.31. The molecule has 82 valence electrons. The minimum atomic E-state index is -0.600. The standard InChI is InChI=1S/C5H9.2C4H9.Al/c1-3-5-4-2;2*1-4(2)3;/h5H,3H2,1-2H3;2*4H,1H2,2-3H3;. The van der Waals surface area contributed by atoms with E-state index < -0.39 is 14.1 Å². The summed E-state index contributed by atoms with van der Waals surface area (Å²) in [5.74, 6) is 1.76. The lowest BCUT2D eigenvalue weighted by Crippen LogP contribution is -2.19. The van der Waals surface area contributed by atoms with E-state index in [1.165, 1.54) is 17.0 Å². The Morgan fingerprint density at radius 1 is 1.07 bits per heavy atom. The lowest BCUT2D eigenvalue weighted by atomic mass is 10.3. The Hall–Kier alpha value is 0.272. The van der Waals surface area contributed by atoms with Gasteiger partial charge in [-0.2, -0.15) is 0 Å². The highest BCUT2D eigenvalue weighted by molar-refractivity contribution is 6.66. The Balaban J connectivity index is 4.30. The topological polar surface area (TPSA) is 0 Å². The highest BCUT2D eigenvalue weighted by Crippen LogP contribution is 2.20. The molecule has 0 saturated heterocycles. The molecule has 0 atom stereocenters. The van der Waals surface area contributed by atoms with E-state index in [4.69, 9.17) is 0 Å². The van der Waals surface area contributed by atoms with Crippen LogP contribution in [0.4, 0.5) is 0 Å². The molecule has 0 spiro atoms. The van der Waals surface area contributed by atoms with Crippen molar-refractivity contribution < 1.29 is 0 Å². The number of hydrogen-bond acceptors (Lipinski definition) is 0. The van der Waals surface area contributed by atoms with Crippen molar-refractivity contribution in [1.29, 1.82) is 0 Å². The molecule has 0 aliphatic rings. The van der Waals surface area contributed by atoms with Gasteiger partial charge < -0.3 is 0 Å². The van der Waals surface area contributed by atoms with Gasteiger partial charge in [-0.25, -0.2) is 0 Å². The summed E-state index contributed by atoms with van der Waals surface area (Å²) in [4.78, 5) is 0. The first kappa shape index (κ1) is 14.3. The molecular formula is C13H27Al. The van der Waals surface area contributed by atoms with Gasteiger partial charge in [0.1, 0.15) is 0 Å². The van der Waals surface area contributed by atoms with Crippen LogP contribution in [0.2, 0.25) is 10.6 Å². The molecule has 0 rings (SSSR count). The molecule has 0 N–H and O–H groups in total. The van der Waals surface area contributed by atoms with Crippen LogP contribution >= 0.6 is 0 Å². The maximum absolute atomic E-state index is 2.46. The Morgan fingerprint density at radius 3 is 1.79 bits per heavy atom. The molecule has 0 saturated carbocycles. The highest BCUT2D eigenvalue weighted by atomic mass is 27.2. The third-order valence-corrected chi connectivity index (χ3v) is 7.23. The highest BCUT2D eigenvalue weighted by Gasteiger charge is 2.21. The summed E-state index contributed by atoms with van der Waals surface area (Å²) in [6.07, 6.45) is 3.67. The van der Waals surface area contributed by atoms with Gasteiger partial charge in [0, 0.05) is 0 Å². The average Bonchev–Trinajstić information content (AvgIpc) is 2.01. The van der Waals surface area contributed by atoms with Crippen molar-refractivity contribution in [1.82, 2.24) is 0 Å². The van der Waals surface area contributed by atoms with Gasteiger partial charge >= 0.3 is 0 Å². The summed E-state index contributed by atoms with van der Waals surface area (Å²) in [7, 11) is 0. The third kappa shape index (κ3) is 6.69. The Morgan fingerprint density at radius 2 is 1.50 bits per heavy atom. The molecule has 0 unspecified atom stereocenters. The number of allylic oxidation sites excluding steroid dienone is 2. The molecule has 0 amide bonds. The smallest absolute Gasteiger partial charge is 0.137 e. The largest absolute Gasteiger partial charge is 0.298 e. The summed E-state index contributed by atoms with van der Waals surface area (Å²) in [5.41, 5.74) is 0. The second-order valence-corrected chi connectivity index (χ2v) is 8.56. The normalized spacial score (nSPS) is 12.7. The van der Waals surface area contributed by atoms with Gasteiger partial charge in [-0.15, -0.1) is 10.5 Å². The molecule has 0 aliphatic carbocycles. The molecule has 0 radical (unpaired) electrons. The second kappa shape index (κ2) is 7.55. The van der Waals surface area contributed by atoms with E-state index in [2.05, 4.69) is 47.6 Å². The minimum Gasteiger partial charge on any atom is -0.137 e. The summed E-state index contributed by atoms with van der Waals surface area (Å²) in [6.45, 7) is 14.1. The van der Waals surface area contributed by atoms with Gasteiger partial charge in [0.2, 0.25) is 0 Å². The van der Waals surface area contributed by atoms with Crippen molar-refractivity contribution in [3.63, 3.8) is 0 Å². The predicted molar refractivity (Wildman–Crippen MR) is 69.1 cm³/mol. The van der Waals surface area contributed by atoms with Gasteiger partial charge in [-0.1, -0.05) is 63.9 Å². The minimum absolute atomic E-state index is 0.600. The van der Waals surface area contributed by atoms with Crippen molar-refractivity contribution in [3.8, 4) is 0 Å².